The molecule has 19 heavy (non-hydrogen) atoms. The molecule has 1 heterocycles. The molecule has 0 bridgehead atoms. The zero-order valence-corrected chi connectivity index (χ0v) is 11.0. The number of carbonyl (C=O) groups is 1. The van der Waals surface area contributed by atoms with Gasteiger partial charge in [-0.15, -0.1) is 5.10 Å². The zero-order chi connectivity index (χ0) is 13.8. The molecule has 0 fully saturated rings. The van der Waals surface area contributed by atoms with Crippen molar-refractivity contribution in [2.75, 3.05) is 5.32 Å². The number of nitrogens with zero attached hydrogens (tertiary/aromatic N) is 3. The summed E-state index contributed by atoms with van der Waals surface area (Å²) in [6.07, 6.45) is 1.57. The van der Waals surface area contributed by atoms with E-state index in [0.29, 0.717) is 6.54 Å². The first-order valence-electron chi connectivity index (χ1n) is 6.08. The summed E-state index contributed by atoms with van der Waals surface area (Å²) < 4.78 is 1.53. The number of nitrogens with one attached hydrogen (secondary N) is 1. The van der Waals surface area contributed by atoms with Crippen LogP contribution in [0.4, 0.5) is 5.69 Å². The van der Waals surface area contributed by atoms with Gasteiger partial charge in [-0.3, -0.25) is 4.79 Å². The molecule has 0 aliphatic heterocycles. The summed E-state index contributed by atoms with van der Waals surface area (Å²) in [5.74, 6) is -0.149. The number of carbonyl (C=O) groups excluding carboxylic acids is 1. The number of benzene rings is 1. The van der Waals surface area contributed by atoms with Crippen LogP contribution in [-0.2, 0) is 11.3 Å². The third-order valence-electron chi connectivity index (χ3n) is 2.92. The van der Waals surface area contributed by atoms with Gasteiger partial charge in [0.2, 0.25) is 5.91 Å². The molecule has 1 aromatic heterocycles. The van der Waals surface area contributed by atoms with Crippen molar-refractivity contribution < 1.29 is 4.79 Å². The van der Waals surface area contributed by atoms with Gasteiger partial charge in [-0.05, 0) is 26.0 Å². The lowest BCUT2D eigenvalue weighted by molar-refractivity contribution is -0.119. The van der Waals surface area contributed by atoms with Crippen molar-refractivity contribution in [3.8, 4) is 0 Å². The second-order valence-electron chi connectivity index (χ2n) is 4.41. The fourth-order valence-corrected chi connectivity index (χ4v) is 1.73. The predicted molar refractivity (Wildman–Crippen MR) is 72.4 cm³/mol. The molecule has 1 unspecified atom stereocenters. The van der Waals surface area contributed by atoms with Gasteiger partial charge in [0.25, 0.3) is 0 Å². The van der Waals surface area contributed by atoms with Crippen LogP contribution in [0.1, 0.15) is 24.2 Å². The maximum Gasteiger partial charge on any atom is 0.249 e. The number of aryl methyl sites for hydroxylation is 1. The lowest BCUT2D eigenvalue weighted by atomic mass is 10.2. The van der Waals surface area contributed by atoms with Crippen LogP contribution in [0.25, 0.3) is 0 Å². The number of anilines is 1. The van der Waals surface area contributed by atoms with Crippen molar-refractivity contribution in [1.29, 1.82) is 0 Å². The van der Waals surface area contributed by atoms with Crippen molar-refractivity contribution in [2.45, 2.75) is 26.4 Å². The summed E-state index contributed by atoms with van der Waals surface area (Å²) in [6.45, 7) is 4.06. The minimum absolute atomic E-state index is 0.149. The molecule has 0 aliphatic carbocycles. The van der Waals surface area contributed by atoms with E-state index < -0.39 is 6.04 Å². The van der Waals surface area contributed by atoms with Gasteiger partial charge in [0.05, 0.1) is 11.9 Å². The predicted octanol–water partition coefficient (Wildman–Crippen LogP) is 1.24. The van der Waals surface area contributed by atoms with Crippen molar-refractivity contribution >= 4 is 11.6 Å². The highest BCUT2D eigenvalue weighted by Gasteiger charge is 2.18. The van der Waals surface area contributed by atoms with Gasteiger partial charge in [-0.2, -0.15) is 0 Å². The summed E-state index contributed by atoms with van der Waals surface area (Å²) in [4.78, 5) is 12.1. The van der Waals surface area contributed by atoms with Crippen LogP contribution in [0.3, 0.4) is 0 Å². The van der Waals surface area contributed by atoms with E-state index in [4.69, 9.17) is 5.73 Å². The SMILES string of the molecule is Cc1ccc(NC(=O)C(C)n2nncc2CN)cc1. The van der Waals surface area contributed by atoms with Gasteiger partial charge in [0, 0.05) is 12.2 Å². The van der Waals surface area contributed by atoms with Gasteiger partial charge < -0.3 is 11.1 Å². The van der Waals surface area contributed by atoms with E-state index in [0.717, 1.165) is 16.9 Å². The van der Waals surface area contributed by atoms with Crippen molar-refractivity contribution in [1.82, 2.24) is 15.0 Å². The first-order chi connectivity index (χ1) is 9.11. The molecular formula is C13H17N5O. The molecule has 0 saturated carbocycles. The maximum atomic E-state index is 12.1. The fraction of sp³-hybridized carbons (Fsp3) is 0.308. The number of amides is 1. The minimum Gasteiger partial charge on any atom is -0.325 e. The topological polar surface area (TPSA) is 85.8 Å². The molecular weight excluding hydrogens is 242 g/mol. The van der Waals surface area contributed by atoms with Crippen LogP contribution in [0.2, 0.25) is 0 Å². The monoisotopic (exact) mass is 259 g/mol. The minimum atomic E-state index is -0.456. The largest absolute Gasteiger partial charge is 0.325 e. The highest BCUT2D eigenvalue weighted by Crippen LogP contribution is 2.13. The summed E-state index contributed by atoms with van der Waals surface area (Å²) in [5.41, 5.74) is 8.21. The van der Waals surface area contributed by atoms with E-state index >= 15 is 0 Å². The van der Waals surface area contributed by atoms with E-state index in [-0.39, 0.29) is 5.91 Å². The molecule has 0 aliphatic rings. The Labute approximate surface area is 111 Å². The van der Waals surface area contributed by atoms with Gasteiger partial charge in [0.15, 0.2) is 0 Å². The van der Waals surface area contributed by atoms with E-state index in [2.05, 4.69) is 15.6 Å². The molecule has 3 N–H and O–H groups in total. The number of rotatable bonds is 4. The molecule has 2 rings (SSSR count). The molecule has 2 aromatic rings. The molecule has 0 spiro atoms. The maximum absolute atomic E-state index is 12.1. The van der Waals surface area contributed by atoms with Crippen molar-refractivity contribution in [3.05, 3.63) is 41.7 Å². The van der Waals surface area contributed by atoms with Gasteiger partial charge >= 0.3 is 0 Å². The molecule has 1 aromatic carbocycles. The van der Waals surface area contributed by atoms with Crippen LogP contribution in [0.15, 0.2) is 30.5 Å². The fourth-order valence-electron chi connectivity index (χ4n) is 1.73. The normalized spacial score (nSPS) is 12.2. The molecule has 100 valence electrons. The average molecular weight is 259 g/mol. The Bertz CT molecular complexity index is 561. The molecule has 1 atom stereocenters. The van der Waals surface area contributed by atoms with Crippen LogP contribution >= 0.6 is 0 Å². The lowest BCUT2D eigenvalue weighted by Crippen LogP contribution is -2.26. The molecule has 1 amide bonds. The second kappa shape index (κ2) is 5.62. The first kappa shape index (κ1) is 13.2. The summed E-state index contributed by atoms with van der Waals surface area (Å²) in [7, 11) is 0. The van der Waals surface area contributed by atoms with Crippen molar-refractivity contribution in [3.63, 3.8) is 0 Å². The standard InChI is InChI=1S/C13H17N5O/c1-9-3-5-11(6-4-9)16-13(19)10(2)18-12(7-14)8-15-17-18/h3-6,8,10H,7,14H2,1-2H3,(H,16,19). The van der Waals surface area contributed by atoms with Gasteiger partial charge in [-0.25, -0.2) is 4.68 Å². The van der Waals surface area contributed by atoms with Crippen LogP contribution in [-0.4, -0.2) is 20.9 Å². The Morgan fingerprint density at radius 2 is 2.11 bits per heavy atom. The van der Waals surface area contributed by atoms with E-state index in [1.807, 2.05) is 31.2 Å². The van der Waals surface area contributed by atoms with E-state index in [1.54, 1.807) is 13.1 Å². The average Bonchev–Trinajstić information content (AvgIpc) is 2.88. The molecule has 0 radical (unpaired) electrons. The van der Waals surface area contributed by atoms with Gasteiger partial charge in [0.1, 0.15) is 6.04 Å². The third kappa shape index (κ3) is 2.97. The molecule has 0 saturated heterocycles. The van der Waals surface area contributed by atoms with Crippen LogP contribution in [0, 0.1) is 6.92 Å². The van der Waals surface area contributed by atoms with Crippen LogP contribution in [0.5, 0.6) is 0 Å². The van der Waals surface area contributed by atoms with Crippen LogP contribution < -0.4 is 11.1 Å². The summed E-state index contributed by atoms with van der Waals surface area (Å²) >= 11 is 0. The first-order valence-corrected chi connectivity index (χ1v) is 6.08. The smallest absolute Gasteiger partial charge is 0.249 e. The number of nitrogens with two attached hydrogens (primary N) is 1. The Morgan fingerprint density at radius 3 is 2.74 bits per heavy atom. The highest BCUT2D eigenvalue weighted by atomic mass is 16.2. The summed E-state index contributed by atoms with van der Waals surface area (Å²) in [6, 6.07) is 7.17. The number of hydrogen-bond acceptors (Lipinski definition) is 4. The lowest BCUT2D eigenvalue weighted by Gasteiger charge is -2.14. The Kier molecular flexibility index (Phi) is 3.91. The highest BCUT2D eigenvalue weighted by molar-refractivity contribution is 5.93. The Morgan fingerprint density at radius 1 is 1.42 bits per heavy atom. The van der Waals surface area contributed by atoms with Gasteiger partial charge in [-0.1, -0.05) is 22.9 Å². The number of aromatic nitrogens is 3. The Balaban J connectivity index is 2.09. The second-order valence-corrected chi connectivity index (χ2v) is 4.41. The number of hydrogen-bond donors (Lipinski definition) is 2. The molecule has 6 nitrogen and oxygen atoms in total. The third-order valence-corrected chi connectivity index (χ3v) is 2.92. The zero-order valence-electron chi connectivity index (χ0n) is 11.0. The Hall–Kier alpha value is -2.21. The van der Waals surface area contributed by atoms with E-state index in [9.17, 15) is 4.79 Å². The quantitative estimate of drug-likeness (QED) is 0.865. The summed E-state index contributed by atoms with van der Waals surface area (Å²) in [5, 5.41) is 10.5. The van der Waals surface area contributed by atoms with Crippen molar-refractivity contribution in [2.24, 2.45) is 5.73 Å². The van der Waals surface area contributed by atoms with E-state index in [1.165, 1.54) is 4.68 Å². The molecule has 6 heteroatoms.